The minimum Gasteiger partial charge on any atom is -0.395 e. The SMILES string of the molecule is O=S(=O)(CBr)N(CCO)C1CCCC1. The molecule has 0 aromatic rings. The van der Waals surface area contributed by atoms with Crippen LogP contribution in [0.4, 0.5) is 0 Å². The monoisotopic (exact) mass is 285 g/mol. The van der Waals surface area contributed by atoms with Crippen LogP contribution >= 0.6 is 15.9 Å². The van der Waals surface area contributed by atoms with Crippen molar-refractivity contribution in [3.05, 3.63) is 0 Å². The fourth-order valence-electron chi connectivity index (χ4n) is 1.90. The molecular weight excluding hydrogens is 270 g/mol. The number of alkyl halides is 1. The first kappa shape index (κ1) is 12.4. The molecule has 4 nitrogen and oxygen atoms in total. The van der Waals surface area contributed by atoms with E-state index in [0.29, 0.717) is 0 Å². The van der Waals surface area contributed by atoms with Crippen LogP contribution < -0.4 is 0 Å². The molecule has 0 saturated heterocycles. The molecule has 0 heterocycles. The molecule has 0 atom stereocenters. The van der Waals surface area contributed by atoms with Gasteiger partial charge in [-0.3, -0.25) is 0 Å². The highest BCUT2D eigenvalue weighted by Gasteiger charge is 2.30. The number of hydrogen-bond acceptors (Lipinski definition) is 3. The normalized spacial score (nSPS) is 19.4. The molecule has 1 fully saturated rings. The van der Waals surface area contributed by atoms with E-state index in [2.05, 4.69) is 15.9 Å². The molecule has 1 saturated carbocycles. The number of aliphatic hydroxyl groups excluding tert-OH is 1. The third-order valence-electron chi connectivity index (χ3n) is 2.55. The number of rotatable bonds is 5. The summed E-state index contributed by atoms with van der Waals surface area (Å²) >= 11 is 2.98. The predicted molar refractivity (Wildman–Crippen MR) is 58.8 cm³/mol. The number of sulfonamides is 1. The third-order valence-corrected chi connectivity index (χ3v) is 5.75. The topological polar surface area (TPSA) is 57.6 Å². The van der Waals surface area contributed by atoms with Crippen LogP contribution in [-0.2, 0) is 10.0 Å². The zero-order valence-electron chi connectivity index (χ0n) is 8.02. The Bertz CT molecular complexity index is 262. The smallest absolute Gasteiger partial charge is 0.224 e. The fraction of sp³-hybridized carbons (Fsp3) is 1.00. The van der Waals surface area contributed by atoms with Gasteiger partial charge in [-0.2, -0.15) is 4.31 Å². The Hall–Kier alpha value is 0.350. The van der Waals surface area contributed by atoms with E-state index in [1.54, 1.807) is 0 Å². The Morgan fingerprint density at radius 3 is 2.36 bits per heavy atom. The lowest BCUT2D eigenvalue weighted by atomic mass is 10.2. The second kappa shape index (κ2) is 5.44. The summed E-state index contributed by atoms with van der Waals surface area (Å²) in [5.41, 5.74) is 0. The van der Waals surface area contributed by atoms with Crippen LogP contribution in [-0.4, -0.2) is 41.7 Å². The number of halogens is 1. The lowest BCUT2D eigenvalue weighted by Gasteiger charge is -2.26. The van der Waals surface area contributed by atoms with E-state index in [4.69, 9.17) is 5.11 Å². The van der Waals surface area contributed by atoms with E-state index in [1.807, 2.05) is 0 Å². The van der Waals surface area contributed by atoms with Gasteiger partial charge in [0.05, 0.1) is 6.61 Å². The summed E-state index contributed by atoms with van der Waals surface area (Å²) in [6.45, 7) is 0.112. The van der Waals surface area contributed by atoms with Gasteiger partial charge in [0.15, 0.2) is 0 Å². The van der Waals surface area contributed by atoms with Gasteiger partial charge in [-0.1, -0.05) is 28.8 Å². The maximum Gasteiger partial charge on any atom is 0.224 e. The first-order valence-electron chi connectivity index (χ1n) is 4.78. The molecule has 0 aromatic heterocycles. The molecule has 0 aromatic carbocycles. The van der Waals surface area contributed by atoms with Crippen LogP contribution in [0.3, 0.4) is 0 Å². The summed E-state index contributed by atoms with van der Waals surface area (Å²) in [4.78, 5) is 0. The van der Waals surface area contributed by atoms with E-state index in [9.17, 15) is 8.42 Å². The molecule has 0 spiro atoms. The van der Waals surface area contributed by atoms with Crippen LogP contribution in [0.2, 0.25) is 0 Å². The number of aliphatic hydroxyl groups is 1. The second-order valence-corrected chi connectivity index (χ2v) is 6.72. The van der Waals surface area contributed by atoms with Gasteiger partial charge in [0.25, 0.3) is 0 Å². The van der Waals surface area contributed by atoms with Crippen molar-refractivity contribution in [2.24, 2.45) is 0 Å². The van der Waals surface area contributed by atoms with Crippen molar-refractivity contribution in [1.29, 1.82) is 0 Å². The molecule has 0 unspecified atom stereocenters. The van der Waals surface area contributed by atoms with Crippen LogP contribution in [0.25, 0.3) is 0 Å². The highest BCUT2D eigenvalue weighted by molar-refractivity contribution is 9.10. The van der Waals surface area contributed by atoms with Crippen LogP contribution in [0.5, 0.6) is 0 Å². The first-order valence-corrected chi connectivity index (χ1v) is 7.51. The molecule has 14 heavy (non-hydrogen) atoms. The zero-order chi connectivity index (χ0) is 10.6. The molecule has 6 heteroatoms. The molecule has 1 aliphatic carbocycles. The quantitative estimate of drug-likeness (QED) is 0.764. The Balaban J connectivity index is 2.72. The van der Waals surface area contributed by atoms with Crippen LogP contribution in [0, 0.1) is 0 Å². The maximum absolute atomic E-state index is 11.6. The van der Waals surface area contributed by atoms with E-state index >= 15 is 0 Å². The highest BCUT2D eigenvalue weighted by atomic mass is 79.9. The minimum absolute atomic E-state index is 0.0590. The maximum atomic E-state index is 11.6. The Labute approximate surface area is 93.5 Å². The Kier molecular flexibility index (Phi) is 4.82. The summed E-state index contributed by atoms with van der Waals surface area (Å²) in [5, 5.41) is 8.83. The molecule has 84 valence electrons. The largest absolute Gasteiger partial charge is 0.395 e. The molecule has 0 amide bonds. The van der Waals surface area contributed by atoms with E-state index in [1.165, 1.54) is 4.31 Å². The lowest BCUT2D eigenvalue weighted by molar-refractivity contribution is 0.227. The minimum atomic E-state index is -3.22. The van der Waals surface area contributed by atoms with Gasteiger partial charge >= 0.3 is 0 Å². The van der Waals surface area contributed by atoms with E-state index < -0.39 is 10.0 Å². The summed E-state index contributed by atoms with van der Waals surface area (Å²) in [6, 6.07) is 0.102. The molecule has 1 rings (SSSR count). The van der Waals surface area contributed by atoms with E-state index in [-0.39, 0.29) is 23.9 Å². The van der Waals surface area contributed by atoms with Crippen molar-refractivity contribution < 1.29 is 13.5 Å². The van der Waals surface area contributed by atoms with Crippen LogP contribution in [0.1, 0.15) is 25.7 Å². The van der Waals surface area contributed by atoms with Gasteiger partial charge in [-0.15, -0.1) is 0 Å². The number of nitrogens with zero attached hydrogens (tertiary/aromatic N) is 1. The third kappa shape index (κ3) is 2.92. The average Bonchev–Trinajstić information content (AvgIpc) is 2.66. The molecule has 1 aliphatic rings. The zero-order valence-corrected chi connectivity index (χ0v) is 10.4. The summed E-state index contributed by atoms with van der Waals surface area (Å²) in [5.74, 6) is 0. The standard InChI is InChI=1S/C8H16BrNO3S/c9-7-14(12,13)10(5-6-11)8-3-1-2-4-8/h8,11H,1-7H2. The summed E-state index contributed by atoms with van der Waals surface area (Å²) in [6.07, 6.45) is 4.02. The lowest BCUT2D eigenvalue weighted by Crippen LogP contribution is -2.41. The Morgan fingerprint density at radius 1 is 1.36 bits per heavy atom. The highest BCUT2D eigenvalue weighted by Crippen LogP contribution is 2.25. The molecule has 0 radical (unpaired) electrons. The predicted octanol–water partition coefficient (Wildman–Crippen LogP) is 0.906. The van der Waals surface area contributed by atoms with Crippen molar-refractivity contribution in [3.63, 3.8) is 0 Å². The van der Waals surface area contributed by atoms with Crippen molar-refractivity contribution >= 4 is 26.0 Å². The Morgan fingerprint density at radius 2 is 1.93 bits per heavy atom. The average molecular weight is 286 g/mol. The first-order chi connectivity index (χ1) is 6.61. The van der Waals surface area contributed by atoms with Gasteiger partial charge in [-0.25, -0.2) is 8.42 Å². The molecule has 0 bridgehead atoms. The van der Waals surface area contributed by atoms with Gasteiger partial charge < -0.3 is 5.11 Å². The number of hydrogen-bond donors (Lipinski definition) is 1. The van der Waals surface area contributed by atoms with Gasteiger partial charge in [-0.05, 0) is 12.8 Å². The summed E-state index contributed by atoms with van der Waals surface area (Å²) < 4.78 is 24.7. The van der Waals surface area contributed by atoms with Crippen molar-refractivity contribution in [2.75, 3.05) is 17.8 Å². The fourth-order valence-corrected chi connectivity index (χ4v) is 3.84. The second-order valence-electron chi connectivity index (χ2n) is 3.49. The van der Waals surface area contributed by atoms with Gasteiger partial charge in [0.1, 0.15) is 4.66 Å². The van der Waals surface area contributed by atoms with Crippen molar-refractivity contribution in [1.82, 2.24) is 4.31 Å². The molecular formula is C8H16BrNO3S. The molecule has 0 aliphatic heterocycles. The van der Waals surface area contributed by atoms with Crippen molar-refractivity contribution in [2.45, 2.75) is 31.7 Å². The van der Waals surface area contributed by atoms with Crippen molar-refractivity contribution in [3.8, 4) is 0 Å². The summed E-state index contributed by atoms with van der Waals surface area (Å²) in [7, 11) is -3.22. The van der Waals surface area contributed by atoms with E-state index in [0.717, 1.165) is 25.7 Å². The van der Waals surface area contributed by atoms with Gasteiger partial charge in [0.2, 0.25) is 10.0 Å². The van der Waals surface area contributed by atoms with Crippen LogP contribution in [0.15, 0.2) is 0 Å². The molecule has 1 N–H and O–H groups in total. The van der Waals surface area contributed by atoms with Gasteiger partial charge in [0, 0.05) is 12.6 Å².